The van der Waals surface area contributed by atoms with Crippen molar-refractivity contribution in [3.05, 3.63) is 23.5 Å². The highest BCUT2D eigenvalue weighted by molar-refractivity contribution is 5.93. The van der Waals surface area contributed by atoms with E-state index in [2.05, 4.69) is 6.92 Å². The number of carbonyl (C=O) groups excluding carboxylic acids is 1. The Morgan fingerprint density at radius 2 is 2.22 bits per heavy atom. The maximum Gasteiger partial charge on any atom is 0.270 e. The molecule has 0 aliphatic carbocycles. The van der Waals surface area contributed by atoms with Crippen LogP contribution in [-0.2, 0) is 7.05 Å². The van der Waals surface area contributed by atoms with Crippen LogP contribution in [0.5, 0.6) is 0 Å². The minimum absolute atomic E-state index is 0.118. The third kappa shape index (κ3) is 2.17. The van der Waals surface area contributed by atoms with Crippen LogP contribution in [-0.4, -0.2) is 34.5 Å². The molecule has 1 aromatic heterocycles. The number of nitrogens with two attached hydrogens (primary N) is 1. The van der Waals surface area contributed by atoms with E-state index in [9.17, 15) is 4.79 Å². The summed E-state index contributed by atoms with van der Waals surface area (Å²) in [4.78, 5) is 14.6. The zero-order valence-corrected chi connectivity index (χ0v) is 11.5. The van der Waals surface area contributed by atoms with Gasteiger partial charge in [-0.25, -0.2) is 0 Å². The lowest BCUT2D eigenvalue weighted by atomic mass is 9.90. The highest BCUT2D eigenvalue weighted by Crippen LogP contribution is 2.24. The number of hydrogen-bond donors (Lipinski definition) is 1. The molecule has 0 bridgehead atoms. The normalized spacial score (nSPS) is 24.3. The van der Waals surface area contributed by atoms with Gasteiger partial charge in [-0.05, 0) is 37.8 Å². The van der Waals surface area contributed by atoms with Crippen molar-refractivity contribution in [2.24, 2.45) is 18.7 Å². The molecule has 1 aliphatic rings. The van der Waals surface area contributed by atoms with Gasteiger partial charge >= 0.3 is 0 Å². The summed E-state index contributed by atoms with van der Waals surface area (Å²) in [6.07, 6.45) is 2.24. The van der Waals surface area contributed by atoms with Gasteiger partial charge in [0.15, 0.2) is 0 Å². The molecule has 1 amide bonds. The van der Waals surface area contributed by atoms with Gasteiger partial charge in [-0.1, -0.05) is 6.92 Å². The molecule has 2 heterocycles. The van der Waals surface area contributed by atoms with Crippen LogP contribution in [0.2, 0.25) is 0 Å². The molecule has 0 radical (unpaired) electrons. The molecule has 100 valence electrons. The van der Waals surface area contributed by atoms with Gasteiger partial charge in [0.25, 0.3) is 5.91 Å². The molecular weight excluding hydrogens is 226 g/mol. The molecule has 4 heteroatoms. The van der Waals surface area contributed by atoms with Crippen LogP contribution in [0.1, 0.15) is 35.9 Å². The van der Waals surface area contributed by atoms with Crippen LogP contribution in [0.15, 0.2) is 12.1 Å². The third-order valence-corrected chi connectivity index (χ3v) is 4.21. The molecule has 2 atom stereocenters. The molecule has 0 spiro atoms. The van der Waals surface area contributed by atoms with Crippen LogP contribution >= 0.6 is 0 Å². The van der Waals surface area contributed by atoms with E-state index in [0.29, 0.717) is 12.5 Å². The number of aromatic nitrogens is 1. The zero-order valence-electron chi connectivity index (χ0n) is 11.5. The van der Waals surface area contributed by atoms with Crippen molar-refractivity contribution in [1.82, 2.24) is 9.47 Å². The van der Waals surface area contributed by atoms with Crippen LogP contribution < -0.4 is 5.73 Å². The largest absolute Gasteiger partial charge is 0.344 e. The molecule has 2 rings (SSSR count). The SMILES string of the molecule is Cc1ccc(C(=O)N2CCC[C@H](C)[C@@H]2CN)n1C. The lowest BCUT2D eigenvalue weighted by Crippen LogP contribution is -2.51. The Morgan fingerprint density at radius 1 is 1.50 bits per heavy atom. The Balaban J connectivity index is 2.24. The van der Waals surface area contributed by atoms with Crippen LogP contribution in [0, 0.1) is 12.8 Å². The van der Waals surface area contributed by atoms with Gasteiger partial charge in [-0.2, -0.15) is 0 Å². The highest BCUT2D eigenvalue weighted by Gasteiger charge is 2.32. The van der Waals surface area contributed by atoms with Crippen LogP contribution in [0.25, 0.3) is 0 Å². The van der Waals surface area contributed by atoms with E-state index < -0.39 is 0 Å². The summed E-state index contributed by atoms with van der Waals surface area (Å²) in [5, 5.41) is 0. The second-order valence-corrected chi connectivity index (χ2v) is 5.34. The first-order chi connectivity index (χ1) is 8.56. The number of aryl methyl sites for hydroxylation is 1. The lowest BCUT2D eigenvalue weighted by molar-refractivity contribution is 0.0522. The molecule has 4 nitrogen and oxygen atoms in total. The van der Waals surface area contributed by atoms with E-state index in [-0.39, 0.29) is 11.9 Å². The number of piperidine rings is 1. The fourth-order valence-corrected chi connectivity index (χ4v) is 2.84. The van der Waals surface area contributed by atoms with Gasteiger partial charge in [0, 0.05) is 31.9 Å². The number of carbonyl (C=O) groups is 1. The molecule has 0 saturated carbocycles. The number of likely N-dealkylation sites (tertiary alicyclic amines) is 1. The van der Waals surface area contributed by atoms with Gasteiger partial charge in [-0.15, -0.1) is 0 Å². The van der Waals surface area contributed by atoms with Gasteiger partial charge in [0.2, 0.25) is 0 Å². The van der Waals surface area contributed by atoms with Crippen molar-refractivity contribution in [3.8, 4) is 0 Å². The number of nitrogens with zero attached hydrogens (tertiary/aromatic N) is 2. The third-order valence-electron chi connectivity index (χ3n) is 4.21. The molecule has 0 unspecified atom stereocenters. The summed E-state index contributed by atoms with van der Waals surface area (Å²) in [5.74, 6) is 0.613. The van der Waals surface area contributed by atoms with Gasteiger partial charge in [0.1, 0.15) is 5.69 Å². The Bertz CT molecular complexity index is 438. The fourth-order valence-electron chi connectivity index (χ4n) is 2.84. The second kappa shape index (κ2) is 5.14. The first-order valence-corrected chi connectivity index (χ1v) is 6.69. The zero-order chi connectivity index (χ0) is 13.3. The van der Waals surface area contributed by atoms with E-state index in [4.69, 9.17) is 5.73 Å². The Kier molecular flexibility index (Phi) is 3.76. The topological polar surface area (TPSA) is 51.3 Å². The average Bonchev–Trinajstić information content (AvgIpc) is 2.69. The van der Waals surface area contributed by atoms with Crippen molar-refractivity contribution < 1.29 is 4.79 Å². The van der Waals surface area contributed by atoms with Crippen molar-refractivity contribution in [3.63, 3.8) is 0 Å². The van der Waals surface area contributed by atoms with Crippen LogP contribution in [0.3, 0.4) is 0 Å². The van der Waals surface area contributed by atoms with Gasteiger partial charge in [0.05, 0.1) is 0 Å². The highest BCUT2D eigenvalue weighted by atomic mass is 16.2. The van der Waals surface area contributed by atoms with Gasteiger partial charge in [-0.3, -0.25) is 4.79 Å². The maximum atomic E-state index is 12.6. The molecule has 0 aromatic carbocycles. The first-order valence-electron chi connectivity index (χ1n) is 6.69. The van der Waals surface area contributed by atoms with E-state index in [1.165, 1.54) is 0 Å². The Morgan fingerprint density at radius 3 is 2.78 bits per heavy atom. The summed E-state index contributed by atoms with van der Waals surface area (Å²) < 4.78 is 1.95. The number of rotatable bonds is 2. The van der Waals surface area contributed by atoms with E-state index in [0.717, 1.165) is 30.8 Å². The molecular formula is C14H23N3O. The molecule has 1 saturated heterocycles. The smallest absolute Gasteiger partial charge is 0.270 e. The molecule has 1 aliphatic heterocycles. The predicted octanol–water partition coefficient (Wildman–Crippen LogP) is 1.53. The number of amides is 1. The van der Waals surface area contributed by atoms with E-state index >= 15 is 0 Å². The Labute approximate surface area is 109 Å². The minimum atomic E-state index is 0.118. The fraction of sp³-hybridized carbons (Fsp3) is 0.643. The predicted molar refractivity (Wildman–Crippen MR) is 72.4 cm³/mol. The summed E-state index contributed by atoms with van der Waals surface area (Å²) >= 11 is 0. The maximum absolute atomic E-state index is 12.6. The average molecular weight is 249 g/mol. The van der Waals surface area contributed by atoms with Crippen molar-refractivity contribution in [1.29, 1.82) is 0 Å². The molecule has 18 heavy (non-hydrogen) atoms. The second-order valence-electron chi connectivity index (χ2n) is 5.34. The molecule has 1 aromatic rings. The summed E-state index contributed by atoms with van der Waals surface area (Å²) in [6, 6.07) is 4.07. The minimum Gasteiger partial charge on any atom is -0.344 e. The number of hydrogen-bond acceptors (Lipinski definition) is 2. The van der Waals surface area contributed by atoms with Crippen molar-refractivity contribution in [2.75, 3.05) is 13.1 Å². The van der Waals surface area contributed by atoms with Crippen LogP contribution in [0.4, 0.5) is 0 Å². The monoisotopic (exact) mass is 249 g/mol. The Hall–Kier alpha value is -1.29. The summed E-state index contributed by atoms with van der Waals surface area (Å²) in [6.45, 7) is 5.58. The standard InChI is InChI=1S/C14H23N3O/c1-10-5-4-8-17(13(10)9-15)14(18)12-7-6-11(2)16(12)3/h6-7,10,13H,4-5,8-9,15H2,1-3H3/t10-,13-/m0/s1. The summed E-state index contributed by atoms with van der Waals surface area (Å²) in [5.41, 5.74) is 7.71. The molecule has 2 N–H and O–H groups in total. The quantitative estimate of drug-likeness (QED) is 0.864. The van der Waals surface area contributed by atoms with Crippen molar-refractivity contribution >= 4 is 5.91 Å². The molecule has 1 fully saturated rings. The van der Waals surface area contributed by atoms with Gasteiger partial charge < -0.3 is 15.2 Å². The first kappa shape index (κ1) is 13.1. The lowest BCUT2D eigenvalue weighted by Gasteiger charge is -2.39. The summed E-state index contributed by atoms with van der Waals surface area (Å²) in [7, 11) is 1.94. The van der Waals surface area contributed by atoms with E-state index in [1.807, 2.05) is 35.6 Å². The van der Waals surface area contributed by atoms with Crippen molar-refractivity contribution in [2.45, 2.75) is 32.7 Å². The van der Waals surface area contributed by atoms with E-state index in [1.54, 1.807) is 0 Å².